The average Bonchev–Trinajstić information content (AvgIpc) is 3.66. The molecule has 3 N–H and O–H groups in total. The van der Waals surface area contributed by atoms with E-state index >= 15 is 0 Å². The second kappa shape index (κ2) is 14.1. The third-order valence-corrected chi connectivity index (χ3v) is 10.1. The van der Waals surface area contributed by atoms with Crippen molar-refractivity contribution < 1.29 is 38.7 Å². The summed E-state index contributed by atoms with van der Waals surface area (Å²) in [7, 11) is 0. The summed E-state index contributed by atoms with van der Waals surface area (Å²) >= 11 is 0. The van der Waals surface area contributed by atoms with Crippen LogP contribution in [0.15, 0.2) is 114 Å². The molecule has 0 saturated carbocycles. The molecule has 4 aromatic carbocycles. The van der Waals surface area contributed by atoms with Gasteiger partial charge in [0, 0.05) is 18.0 Å². The van der Waals surface area contributed by atoms with Gasteiger partial charge in [-0.05, 0) is 50.6 Å². The molecule has 1 saturated heterocycles. The predicted octanol–water partition coefficient (Wildman–Crippen LogP) is 5.23. The molecule has 0 spiro atoms. The van der Waals surface area contributed by atoms with Crippen LogP contribution in [0.5, 0.6) is 0 Å². The molecule has 1 aliphatic heterocycles. The van der Waals surface area contributed by atoms with E-state index in [0.29, 0.717) is 0 Å². The van der Waals surface area contributed by atoms with E-state index in [1.165, 1.54) is 12.3 Å². The molecule has 2 heterocycles. The van der Waals surface area contributed by atoms with Crippen LogP contribution < -0.4 is 11.0 Å². The van der Waals surface area contributed by atoms with Gasteiger partial charge in [-0.1, -0.05) is 97.1 Å². The number of carbonyl (C=O) groups is 2. The zero-order chi connectivity index (χ0) is 35.8. The first-order valence-corrected chi connectivity index (χ1v) is 17.0. The van der Waals surface area contributed by atoms with E-state index in [1.807, 2.05) is 97.1 Å². The van der Waals surface area contributed by atoms with Gasteiger partial charge in [-0.15, -0.1) is 0 Å². The molecule has 1 aromatic heterocycles. The number of nitrogens with one attached hydrogen (secondary N) is 1. The molecule has 12 nitrogen and oxygen atoms in total. The molecular weight excluding hydrogens is 666 g/mol. The van der Waals surface area contributed by atoms with Gasteiger partial charge in [0.1, 0.15) is 37.3 Å². The van der Waals surface area contributed by atoms with Gasteiger partial charge < -0.3 is 29.2 Å². The number of hydrogen-bond acceptors (Lipinski definition) is 10. The number of fused-ring (bicyclic) bond motifs is 6. The van der Waals surface area contributed by atoms with Crippen LogP contribution in [-0.4, -0.2) is 76.8 Å². The van der Waals surface area contributed by atoms with E-state index < -0.39 is 48.9 Å². The van der Waals surface area contributed by atoms with Crippen LogP contribution in [0.1, 0.15) is 40.1 Å². The number of aliphatic hydroxyl groups is 2. The lowest BCUT2D eigenvalue weighted by molar-refractivity contribution is -0.176. The highest BCUT2D eigenvalue weighted by Gasteiger charge is 2.44. The number of hydrogen-bond donors (Lipinski definition) is 3. The maximum atomic E-state index is 13.3. The van der Waals surface area contributed by atoms with Crippen molar-refractivity contribution >= 4 is 18.1 Å². The van der Waals surface area contributed by atoms with Crippen molar-refractivity contribution in [2.24, 2.45) is 0 Å². The maximum Gasteiger partial charge on any atom is 0.508 e. The van der Waals surface area contributed by atoms with Crippen LogP contribution in [0, 0.1) is 0 Å². The van der Waals surface area contributed by atoms with E-state index in [2.05, 4.69) is 10.3 Å². The lowest BCUT2D eigenvalue weighted by Gasteiger charge is -2.39. The van der Waals surface area contributed by atoms with E-state index in [9.17, 15) is 24.6 Å². The second-order valence-corrected chi connectivity index (χ2v) is 12.9. The first-order chi connectivity index (χ1) is 25.4. The fraction of sp³-hybridized carbons (Fsp3) is 0.250. The largest absolute Gasteiger partial charge is 0.508 e. The van der Waals surface area contributed by atoms with Gasteiger partial charge in [0.15, 0.2) is 6.10 Å². The zero-order valence-electron chi connectivity index (χ0n) is 27.8. The van der Waals surface area contributed by atoms with Gasteiger partial charge in [-0.25, -0.2) is 14.4 Å². The molecule has 3 aliphatic rings. The summed E-state index contributed by atoms with van der Waals surface area (Å²) in [6.45, 7) is -0.675. The molecule has 264 valence electrons. The monoisotopic (exact) mass is 701 g/mol. The average molecular weight is 702 g/mol. The number of carbonyl (C=O) groups excluding carboxylic acids is 2. The summed E-state index contributed by atoms with van der Waals surface area (Å²) in [5.74, 6) is -0.421. The van der Waals surface area contributed by atoms with Crippen LogP contribution in [0.3, 0.4) is 0 Å². The summed E-state index contributed by atoms with van der Waals surface area (Å²) in [5, 5.41) is 23.4. The number of ether oxygens (including phenoxy) is 4. The lowest BCUT2D eigenvalue weighted by atomic mass is 9.98. The number of benzene rings is 4. The molecule has 5 aromatic rings. The minimum Gasteiger partial charge on any atom is -0.448 e. The van der Waals surface area contributed by atoms with Gasteiger partial charge in [-0.2, -0.15) is 4.98 Å². The molecule has 0 unspecified atom stereocenters. The zero-order valence-corrected chi connectivity index (χ0v) is 27.8. The fourth-order valence-electron chi connectivity index (χ4n) is 7.61. The third-order valence-electron chi connectivity index (χ3n) is 10.1. The molecule has 4 atom stereocenters. The van der Waals surface area contributed by atoms with Crippen molar-refractivity contribution in [1.29, 1.82) is 0 Å². The molecule has 1 fully saturated rings. The smallest absolute Gasteiger partial charge is 0.448 e. The summed E-state index contributed by atoms with van der Waals surface area (Å²) in [5.41, 5.74) is 7.68. The predicted molar refractivity (Wildman–Crippen MR) is 189 cm³/mol. The number of aliphatic hydroxyl groups excluding tert-OH is 2. The number of anilines is 1. The van der Waals surface area contributed by atoms with Crippen molar-refractivity contribution in [3.63, 3.8) is 0 Å². The molecule has 0 bridgehead atoms. The van der Waals surface area contributed by atoms with Gasteiger partial charge >= 0.3 is 17.9 Å². The minimum absolute atomic E-state index is 0.0159. The number of aromatic nitrogens is 2. The lowest BCUT2D eigenvalue weighted by Crippen LogP contribution is -2.55. The quantitative estimate of drug-likeness (QED) is 0.183. The maximum absolute atomic E-state index is 13.3. The van der Waals surface area contributed by atoms with Crippen LogP contribution in [0.4, 0.5) is 15.4 Å². The Bertz CT molecular complexity index is 2110. The first-order valence-electron chi connectivity index (χ1n) is 17.0. The third kappa shape index (κ3) is 6.10. The van der Waals surface area contributed by atoms with Crippen LogP contribution >= 0.6 is 0 Å². The second-order valence-electron chi connectivity index (χ2n) is 12.9. The number of amides is 1. The Morgan fingerprint density at radius 1 is 0.769 bits per heavy atom. The molecule has 52 heavy (non-hydrogen) atoms. The molecule has 1 amide bonds. The van der Waals surface area contributed by atoms with Gasteiger partial charge in [0.25, 0.3) is 0 Å². The van der Waals surface area contributed by atoms with Crippen molar-refractivity contribution in [2.75, 3.05) is 31.7 Å². The van der Waals surface area contributed by atoms with Gasteiger partial charge in [0.2, 0.25) is 0 Å². The minimum atomic E-state index is -1.49. The Labute approximate surface area is 298 Å². The molecular formula is C40H35N3O9. The Kier molecular flexibility index (Phi) is 9.02. The number of nitrogens with zero attached hydrogens (tertiary/aromatic N) is 2. The van der Waals surface area contributed by atoms with E-state index in [1.54, 1.807) is 0 Å². The molecule has 2 aliphatic carbocycles. The summed E-state index contributed by atoms with van der Waals surface area (Å²) in [4.78, 5) is 43.3. The fourth-order valence-corrected chi connectivity index (χ4v) is 7.61. The van der Waals surface area contributed by atoms with E-state index in [0.717, 1.165) is 49.1 Å². The van der Waals surface area contributed by atoms with E-state index in [-0.39, 0.29) is 37.5 Å². The van der Waals surface area contributed by atoms with Crippen molar-refractivity contribution in [3.8, 4) is 22.3 Å². The Morgan fingerprint density at radius 2 is 1.27 bits per heavy atom. The van der Waals surface area contributed by atoms with Crippen LogP contribution in [0.2, 0.25) is 0 Å². The van der Waals surface area contributed by atoms with Crippen LogP contribution in [0.25, 0.3) is 22.3 Å². The summed E-state index contributed by atoms with van der Waals surface area (Å²) < 4.78 is 23.6. The van der Waals surface area contributed by atoms with Gasteiger partial charge in [-0.3, -0.25) is 9.88 Å². The highest BCUT2D eigenvalue weighted by molar-refractivity contribution is 5.84. The Hall–Kier alpha value is -5.82. The summed E-state index contributed by atoms with van der Waals surface area (Å²) in [6.07, 6.45) is -4.38. The highest BCUT2D eigenvalue weighted by atomic mass is 16.7. The topological polar surface area (TPSA) is 158 Å². The normalized spacial score (nSPS) is 20.3. The first kappa shape index (κ1) is 33.3. The van der Waals surface area contributed by atoms with Crippen LogP contribution in [-0.2, 0) is 18.9 Å². The standard InChI is InChI=1S/C40H35N3O9/c44-19-34-36(45)37(52-40(48)51-21-32-29-15-7-3-11-25(29)26-12-4-8-16-30(26)32)33(22-49-34)43-18-17-35(41-38(43)46)42-39(47)50-20-31-27-13-5-1-9-23(27)24-10-2-6-14-28(24)31/h1-18,31-34,36-37,44-45H,19-22H2,(H,41,42,46,47)/t33-,34-,36-,37+/m1/s1. The number of rotatable bonds is 8. The van der Waals surface area contributed by atoms with Gasteiger partial charge in [0.05, 0.1) is 13.2 Å². The Morgan fingerprint density at radius 3 is 1.77 bits per heavy atom. The summed E-state index contributed by atoms with van der Waals surface area (Å²) in [6, 6.07) is 32.1. The van der Waals surface area contributed by atoms with Crippen molar-refractivity contribution in [1.82, 2.24) is 9.55 Å². The Balaban J connectivity index is 0.933. The van der Waals surface area contributed by atoms with Crippen molar-refractivity contribution in [2.45, 2.75) is 36.2 Å². The van der Waals surface area contributed by atoms with Crippen molar-refractivity contribution in [3.05, 3.63) is 142 Å². The molecule has 8 rings (SSSR count). The SMILES string of the molecule is O=C(Nc1ccn([C@@H]2CO[C@H](CO)[C@@H](O)[C@H]2OC(=O)OCC2c3ccccc3-c3ccccc32)c(=O)n1)OCC1c2ccccc2-c2ccccc21. The van der Waals surface area contributed by atoms with E-state index in [4.69, 9.17) is 18.9 Å². The molecule has 0 radical (unpaired) electrons. The highest BCUT2D eigenvalue weighted by Crippen LogP contribution is 2.45. The molecule has 12 heteroatoms.